The fourth-order valence-corrected chi connectivity index (χ4v) is 0.855. The van der Waals surface area contributed by atoms with Crippen LogP contribution >= 0.6 is 24.4 Å². The van der Waals surface area contributed by atoms with Crippen LogP contribution in [0.25, 0.3) is 0 Å². The van der Waals surface area contributed by atoms with Crippen LogP contribution in [0.1, 0.15) is 19.3 Å². The average molecular weight is 274 g/mol. The number of nitrogens with zero attached hydrogens (tertiary/aromatic N) is 2. The van der Waals surface area contributed by atoms with Gasteiger partial charge in [-0.1, -0.05) is 0 Å². The number of hydrazone groups is 2. The highest BCUT2D eigenvalue weighted by atomic mass is 32.1. The van der Waals surface area contributed by atoms with E-state index >= 15 is 0 Å². The highest BCUT2D eigenvalue weighted by molar-refractivity contribution is 7.80. The molecular weight excluding hydrogens is 256 g/mol. The molecule has 0 radical (unpaired) electrons. The molecule has 0 atom stereocenters. The van der Waals surface area contributed by atoms with Gasteiger partial charge in [0.15, 0.2) is 10.2 Å². The molecule has 0 saturated heterocycles. The largest absolute Gasteiger partial charge is 0.364 e. The van der Waals surface area contributed by atoms with Crippen molar-refractivity contribution in [3.05, 3.63) is 0 Å². The van der Waals surface area contributed by atoms with Crippen LogP contribution < -0.4 is 21.5 Å². The first-order chi connectivity index (χ1) is 8.20. The van der Waals surface area contributed by atoms with Crippen LogP contribution in [-0.4, -0.2) is 36.7 Å². The lowest BCUT2D eigenvalue weighted by Gasteiger charge is -1.99. The van der Waals surface area contributed by atoms with Gasteiger partial charge in [-0.25, -0.2) is 0 Å². The molecule has 6 nitrogen and oxygen atoms in total. The lowest BCUT2D eigenvalue weighted by atomic mass is 10.3. The molecule has 0 heterocycles. The molecule has 17 heavy (non-hydrogen) atoms. The Bertz CT molecular complexity index is 261. The molecule has 0 spiro atoms. The summed E-state index contributed by atoms with van der Waals surface area (Å²) in [5.41, 5.74) is 5.35. The lowest BCUT2D eigenvalue weighted by molar-refractivity contribution is 0.904. The molecule has 0 fully saturated rings. The van der Waals surface area contributed by atoms with Gasteiger partial charge in [-0.2, -0.15) is 10.2 Å². The predicted molar refractivity (Wildman–Crippen MR) is 80.4 cm³/mol. The van der Waals surface area contributed by atoms with Crippen molar-refractivity contribution >= 4 is 47.1 Å². The maximum absolute atomic E-state index is 4.84. The molecule has 0 aliphatic carbocycles. The first-order valence-corrected chi connectivity index (χ1v) is 6.00. The smallest absolute Gasteiger partial charge is 0.186 e. The fourth-order valence-electron chi connectivity index (χ4n) is 0.750. The van der Waals surface area contributed by atoms with Gasteiger partial charge in [-0.3, -0.25) is 10.9 Å². The minimum Gasteiger partial charge on any atom is -0.364 e. The Labute approximate surface area is 112 Å². The van der Waals surface area contributed by atoms with Gasteiger partial charge in [0.2, 0.25) is 0 Å². The molecule has 0 rings (SSSR count). The second-order valence-corrected chi connectivity index (χ2v) is 3.75. The Kier molecular flexibility index (Phi) is 10.4. The summed E-state index contributed by atoms with van der Waals surface area (Å²) in [6.07, 6.45) is 6.25. The second-order valence-electron chi connectivity index (χ2n) is 2.94. The molecule has 0 aliphatic rings. The second kappa shape index (κ2) is 11.2. The molecule has 4 N–H and O–H groups in total. The van der Waals surface area contributed by atoms with E-state index in [1.54, 1.807) is 26.5 Å². The molecule has 8 heteroatoms. The Balaban J connectivity index is 3.40. The number of rotatable bonds is 6. The van der Waals surface area contributed by atoms with E-state index in [0.29, 0.717) is 10.2 Å². The van der Waals surface area contributed by atoms with Crippen molar-refractivity contribution in [2.24, 2.45) is 10.2 Å². The summed E-state index contributed by atoms with van der Waals surface area (Å²) in [7, 11) is 3.48. The summed E-state index contributed by atoms with van der Waals surface area (Å²) in [4.78, 5) is 0. The van der Waals surface area contributed by atoms with Crippen LogP contribution in [0.5, 0.6) is 0 Å². The van der Waals surface area contributed by atoms with Crippen LogP contribution in [0.3, 0.4) is 0 Å². The third-order valence-electron chi connectivity index (χ3n) is 1.64. The third-order valence-corrected chi connectivity index (χ3v) is 2.23. The lowest BCUT2D eigenvalue weighted by Crippen LogP contribution is -2.28. The zero-order valence-electron chi connectivity index (χ0n) is 9.99. The van der Waals surface area contributed by atoms with E-state index in [9.17, 15) is 0 Å². The topological polar surface area (TPSA) is 72.8 Å². The van der Waals surface area contributed by atoms with Crippen LogP contribution in [0.15, 0.2) is 10.2 Å². The predicted octanol–water partition coefficient (Wildman–Crippen LogP) is 0.316. The zero-order chi connectivity index (χ0) is 12.9. The number of nitrogens with one attached hydrogen (secondary N) is 4. The van der Waals surface area contributed by atoms with Gasteiger partial charge >= 0.3 is 0 Å². The van der Waals surface area contributed by atoms with E-state index in [2.05, 4.69) is 31.7 Å². The summed E-state index contributed by atoms with van der Waals surface area (Å²) in [5.74, 6) is 0. The van der Waals surface area contributed by atoms with Gasteiger partial charge in [0, 0.05) is 26.5 Å². The first-order valence-electron chi connectivity index (χ1n) is 5.19. The summed E-state index contributed by atoms with van der Waals surface area (Å²) >= 11 is 9.69. The molecule has 0 unspecified atom stereocenters. The molecular formula is C9H18N6S2. The Hall–Kier alpha value is -1.28. The van der Waals surface area contributed by atoms with E-state index in [4.69, 9.17) is 24.4 Å². The summed E-state index contributed by atoms with van der Waals surface area (Å²) in [6, 6.07) is 0. The van der Waals surface area contributed by atoms with Crippen molar-refractivity contribution in [2.45, 2.75) is 19.3 Å². The van der Waals surface area contributed by atoms with Crippen molar-refractivity contribution in [1.82, 2.24) is 21.5 Å². The van der Waals surface area contributed by atoms with Gasteiger partial charge in [0.1, 0.15) is 0 Å². The average Bonchev–Trinajstić information content (AvgIpc) is 2.35. The molecule has 0 amide bonds. The first kappa shape index (κ1) is 15.7. The highest BCUT2D eigenvalue weighted by Crippen LogP contribution is 1.88. The molecule has 0 aromatic heterocycles. The van der Waals surface area contributed by atoms with Crippen LogP contribution in [0.4, 0.5) is 0 Å². The van der Waals surface area contributed by atoms with Gasteiger partial charge in [-0.15, -0.1) is 0 Å². The Morgan fingerprint density at radius 2 is 1.35 bits per heavy atom. The van der Waals surface area contributed by atoms with Gasteiger partial charge in [0.05, 0.1) is 0 Å². The zero-order valence-corrected chi connectivity index (χ0v) is 11.6. The summed E-state index contributed by atoms with van der Waals surface area (Å²) in [5, 5.41) is 14.4. The SMILES string of the molecule is CNC(=S)N/N=C/CCC/C=N/NC(=S)NC. The van der Waals surface area contributed by atoms with E-state index in [1.165, 1.54) is 0 Å². The maximum atomic E-state index is 4.84. The summed E-state index contributed by atoms with van der Waals surface area (Å²) in [6.45, 7) is 0. The van der Waals surface area contributed by atoms with Gasteiger partial charge in [-0.05, 0) is 43.7 Å². The van der Waals surface area contributed by atoms with Crippen molar-refractivity contribution in [1.29, 1.82) is 0 Å². The van der Waals surface area contributed by atoms with Crippen molar-refractivity contribution in [2.75, 3.05) is 14.1 Å². The van der Waals surface area contributed by atoms with Crippen LogP contribution in [0.2, 0.25) is 0 Å². The minimum atomic E-state index is 0.507. The monoisotopic (exact) mass is 274 g/mol. The molecule has 0 aliphatic heterocycles. The number of hydrogen-bond acceptors (Lipinski definition) is 4. The number of unbranched alkanes of at least 4 members (excludes halogenated alkanes) is 2. The van der Waals surface area contributed by atoms with Crippen molar-refractivity contribution in [3.8, 4) is 0 Å². The van der Waals surface area contributed by atoms with Crippen molar-refractivity contribution < 1.29 is 0 Å². The quantitative estimate of drug-likeness (QED) is 0.242. The normalized spacial score (nSPS) is 10.5. The van der Waals surface area contributed by atoms with Crippen LogP contribution in [0, 0.1) is 0 Å². The Morgan fingerprint density at radius 1 is 0.941 bits per heavy atom. The molecule has 96 valence electrons. The van der Waals surface area contributed by atoms with E-state index < -0.39 is 0 Å². The maximum Gasteiger partial charge on any atom is 0.186 e. The van der Waals surface area contributed by atoms with E-state index in [1.807, 2.05) is 0 Å². The van der Waals surface area contributed by atoms with Crippen LogP contribution in [-0.2, 0) is 0 Å². The minimum absolute atomic E-state index is 0.507. The van der Waals surface area contributed by atoms with E-state index in [-0.39, 0.29) is 0 Å². The Morgan fingerprint density at radius 3 is 1.71 bits per heavy atom. The van der Waals surface area contributed by atoms with Gasteiger partial charge < -0.3 is 10.6 Å². The molecule has 0 aromatic carbocycles. The number of thiocarbonyl (C=S) groups is 2. The molecule has 0 saturated carbocycles. The van der Waals surface area contributed by atoms with Crippen molar-refractivity contribution in [3.63, 3.8) is 0 Å². The summed E-state index contributed by atoms with van der Waals surface area (Å²) < 4.78 is 0. The molecule has 0 aromatic rings. The number of hydrogen-bond donors (Lipinski definition) is 4. The highest BCUT2D eigenvalue weighted by Gasteiger charge is 1.86. The third kappa shape index (κ3) is 11.0. The van der Waals surface area contributed by atoms with E-state index in [0.717, 1.165) is 19.3 Å². The van der Waals surface area contributed by atoms with Gasteiger partial charge in [0.25, 0.3) is 0 Å². The molecule has 0 bridgehead atoms. The standard InChI is InChI=1S/C9H18N6S2/c1-10-8(16)14-12-6-4-3-5-7-13-15-9(17)11-2/h6-7H,3-5H2,1-2H3,(H2,10,14,16)(H2,11,15,17)/b12-6+,13-7+. The fraction of sp³-hybridized carbons (Fsp3) is 0.556.